The molecule has 1 fully saturated rings. The molecule has 1 saturated heterocycles. The second-order valence-electron chi connectivity index (χ2n) is 10.5. The number of ether oxygens (including phenoxy) is 2. The van der Waals surface area contributed by atoms with Gasteiger partial charge >= 0.3 is 12.3 Å². The van der Waals surface area contributed by atoms with Crippen LogP contribution in [0.4, 0.5) is 42.5 Å². The highest BCUT2D eigenvalue weighted by Crippen LogP contribution is 2.24. The molecule has 4 N–H and O–H groups in total. The number of morpholine rings is 1. The van der Waals surface area contributed by atoms with E-state index in [1.165, 1.54) is 6.20 Å². The summed E-state index contributed by atoms with van der Waals surface area (Å²) in [6.07, 6.45) is -3.51. The average molecular weight is 674 g/mol. The number of carbonyl (C=O) groups excluding carboxylic acids is 2. The van der Waals surface area contributed by atoms with Gasteiger partial charge in [-0.25, -0.2) is 18.0 Å². The summed E-state index contributed by atoms with van der Waals surface area (Å²) in [5.74, 6) is -2.86. The molecule has 46 heavy (non-hydrogen) atoms. The van der Waals surface area contributed by atoms with Crippen molar-refractivity contribution in [3.63, 3.8) is 0 Å². The number of amides is 2. The molecule has 0 bridgehead atoms. The van der Waals surface area contributed by atoms with Crippen LogP contribution in [0.3, 0.4) is 0 Å². The van der Waals surface area contributed by atoms with Crippen LogP contribution in [0.25, 0.3) is 0 Å². The van der Waals surface area contributed by atoms with E-state index in [2.05, 4.69) is 20.9 Å². The molecule has 0 spiro atoms. The van der Waals surface area contributed by atoms with Crippen molar-refractivity contribution >= 4 is 35.0 Å². The van der Waals surface area contributed by atoms with Crippen molar-refractivity contribution in [2.75, 3.05) is 36.9 Å². The van der Waals surface area contributed by atoms with Crippen LogP contribution in [0, 0.1) is 17.5 Å². The number of alkyl halides is 3. The van der Waals surface area contributed by atoms with Gasteiger partial charge < -0.3 is 30.7 Å². The molecule has 0 unspecified atom stereocenters. The standard InChI is InChI=1S/C30H30ClF6N5O4/c31-18-1-3-21(4-2-18)41-28(43)26(9-17-7-19(32)10-20(33)8-17)42-27-13-38-12-25(34)24(27)6-5-23-11-39-22(14-45-23)15-46-29(44)40-16-30(35,36)37/h1-4,7-8,10,12-13,22-23,26,39,42H,5-6,9,11,14-16H2,(H,40,44)(H,41,43)/t22-,23+,26-/m0/s1. The lowest BCUT2D eigenvalue weighted by Gasteiger charge is -2.30. The zero-order valence-corrected chi connectivity index (χ0v) is 24.9. The number of pyridine rings is 1. The summed E-state index contributed by atoms with van der Waals surface area (Å²) in [5, 5.41) is 10.8. The molecule has 3 atom stereocenters. The third kappa shape index (κ3) is 11.1. The second-order valence-corrected chi connectivity index (χ2v) is 10.9. The first-order chi connectivity index (χ1) is 21.8. The van der Waals surface area contributed by atoms with E-state index in [0.29, 0.717) is 23.2 Å². The maximum absolute atomic E-state index is 15.1. The summed E-state index contributed by atoms with van der Waals surface area (Å²) in [5.41, 5.74) is 0.982. The van der Waals surface area contributed by atoms with Crippen LogP contribution in [-0.2, 0) is 27.1 Å². The van der Waals surface area contributed by atoms with Crippen LogP contribution in [0.5, 0.6) is 0 Å². The summed E-state index contributed by atoms with van der Waals surface area (Å²) in [6, 6.07) is 7.62. The number of nitrogens with zero attached hydrogens (tertiary/aromatic N) is 1. The van der Waals surface area contributed by atoms with Crippen molar-refractivity contribution in [3.8, 4) is 0 Å². The molecule has 1 aliphatic rings. The maximum atomic E-state index is 15.1. The molecule has 9 nitrogen and oxygen atoms in total. The van der Waals surface area contributed by atoms with Gasteiger partial charge in [0.05, 0.1) is 36.8 Å². The minimum atomic E-state index is -4.56. The summed E-state index contributed by atoms with van der Waals surface area (Å²) < 4.78 is 90.2. The number of benzene rings is 2. The van der Waals surface area contributed by atoms with Gasteiger partial charge in [0, 0.05) is 35.3 Å². The predicted molar refractivity (Wildman–Crippen MR) is 157 cm³/mol. The second kappa shape index (κ2) is 16.0. The Morgan fingerprint density at radius 2 is 1.80 bits per heavy atom. The number of aromatic nitrogens is 1. The number of rotatable bonds is 12. The molecule has 2 amide bonds. The van der Waals surface area contributed by atoms with Crippen molar-refractivity contribution in [2.45, 2.75) is 43.6 Å². The fourth-order valence-corrected chi connectivity index (χ4v) is 4.76. The Labute approximate surface area is 265 Å². The summed E-state index contributed by atoms with van der Waals surface area (Å²) in [6.45, 7) is -1.37. The molecule has 248 valence electrons. The Kier molecular flexibility index (Phi) is 12.1. The summed E-state index contributed by atoms with van der Waals surface area (Å²) in [4.78, 5) is 28.7. The Morgan fingerprint density at radius 1 is 1.09 bits per heavy atom. The fraction of sp³-hybridized carbons (Fsp3) is 0.367. The minimum absolute atomic E-state index is 0.0816. The van der Waals surface area contributed by atoms with Crippen molar-refractivity contribution in [2.24, 2.45) is 0 Å². The number of hydrogen-bond acceptors (Lipinski definition) is 7. The predicted octanol–water partition coefficient (Wildman–Crippen LogP) is 5.39. The van der Waals surface area contributed by atoms with E-state index < -0.39 is 60.4 Å². The zero-order chi connectivity index (χ0) is 33.3. The average Bonchev–Trinajstić information content (AvgIpc) is 2.99. The molecular formula is C30H30ClF6N5O4. The van der Waals surface area contributed by atoms with Gasteiger partial charge in [0.1, 0.15) is 36.6 Å². The Balaban J connectivity index is 1.38. The van der Waals surface area contributed by atoms with Crippen LogP contribution in [0.1, 0.15) is 17.5 Å². The van der Waals surface area contributed by atoms with Crippen molar-refractivity contribution in [3.05, 3.63) is 88.5 Å². The lowest BCUT2D eigenvalue weighted by atomic mass is 10.0. The van der Waals surface area contributed by atoms with E-state index in [1.54, 1.807) is 29.6 Å². The highest BCUT2D eigenvalue weighted by Gasteiger charge is 2.29. The number of alkyl carbamates (subject to hydrolysis) is 1. The van der Waals surface area contributed by atoms with E-state index in [9.17, 15) is 31.5 Å². The van der Waals surface area contributed by atoms with E-state index in [4.69, 9.17) is 21.1 Å². The van der Waals surface area contributed by atoms with Gasteiger partial charge in [0.15, 0.2) is 0 Å². The Hall–Kier alpha value is -4.08. The smallest absolute Gasteiger partial charge is 0.407 e. The summed E-state index contributed by atoms with van der Waals surface area (Å²) >= 11 is 5.93. The molecule has 0 radical (unpaired) electrons. The van der Waals surface area contributed by atoms with Crippen LogP contribution in [0.2, 0.25) is 5.02 Å². The van der Waals surface area contributed by atoms with Gasteiger partial charge in [-0.05, 0) is 54.8 Å². The van der Waals surface area contributed by atoms with Crippen molar-refractivity contribution in [1.82, 2.24) is 15.6 Å². The van der Waals surface area contributed by atoms with Gasteiger partial charge in [-0.1, -0.05) is 11.6 Å². The highest BCUT2D eigenvalue weighted by atomic mass is 35.5. The van der Waals surface area contributed by atoms with E-state index in [1.807, 2.05) is 0 Å². The van der Waals surface area contributed by atoms with E-state index in [-0.39, 0.29) is 49.4 Å². The van der Waals surface area contributed by atoms with E-state index in [0.717, 1.165) is 18.3 Å². The Bertz CT molecular complexity index is 1470. The monoisotopic (exact) mass is 673 g/mol. The first-order valence-corrected chi connectivity index (χ1v) is 14.4. The number of anilines is 2. The van der Waals surface area contributed by atoms with Crippen molar-refractivity contribution < 1.29 is 45.4 Å². The van der Waals surface area contributed by atoms with Gasteiger partial charge in [-0.3, -0.25) is 9.78 Å². The Morgan fingerprint density at radius 3 is 2.46 bits per heavy atom. The molecule has 1 aliphatic heterocycles. The van der Waals surface area contributed by atoms with Crippen LogP contribution in [0.15, 0.2) is 54.9 Å². The molecule has 4 rings (SSSR count). The molecule has 16 heteroatoms. The first kappa shape index (κ1) is 34.8. The number of carbonyl (C=O) groups is 2. The number of hydrogen-bond donors (Lipinski definition) is 4. The SMILES string of the molecule is O=C(NCC(F)(F)F)OC[C@@H]1CO[C@H](CCc2c(F)cncc2N[C@@H](Cc2cc(F)cc(F)c2)C(=O)Nc2ccc(Cl)cc2)CN1. The molecule has 0 saturated carbocycles. The number of halogens is 7. The fourth-order valence-electron chi connectivity index (χ4n) is 4.63. The van der Waals surface area contributed by atoms with Gasteiger partial charge in [0.25, 0.3) is 0 Å². The quantitative estimate of drug-likeness (QED) is 0.191. The molecule has 1 aromatic heterocycles. The normalized spacial score (nSPS) is 17.2. The lowest BCUT2D eigenvalue weighted by Crippen LogP contribution is -2.49. The highest BCUT2D eigenvalue weighted by molar-refractivity contribution is 6.30. The topological polar surface area (TPSA) is 114 Å². The van der Waals surface area contributed by atoms with Crippen molar-refractivity contribution in [1.29, 1.82) is 0 Å². The molecule has 2 aromatic carbocycles. The minimum Gasteiger partial charge on any atom is -0.448 e. The van der Waals surface area contributed by atoms with Crippen LogP contribution in [-0.4, -0.2) is 67.7 Å². The first-order valence-electron chi connectivity index (χ1n) is 14.1. The summed E-state index contributed by atoms with van der Waals surface area (Å²) in [7, 11) is 0. The largest absolute Gasteiger partial charge is 0.448 e. The van der Waals surface area contributed by atoms with Gasteiger partial charge in [-0.2, -0.15) is 13.2 Å². The third-order valence-electron chi connectivity index (χ3n) is 6.86. The maximum Gasteiger partial charge on any atom is 0.407 e. The zero-order valence-electron chi connectivity index (χ0n) is 24.1. The number of nitrogens with one attached hydrogen (secondary N) is 4. The van der Waals surface area contributed by atoms with Gasteiger partial charge in [-0.15, -0.1) is 0 Å². The lowest BCUT2D eigenvalue weighted by molar-refractivity contribution is -0.124. The van der Waals surface area contributed by atoms with Gasteiger partial charge in [0.2, 0.25) is 5.91 Å². The third-order valence-corrected chi connectivity index (χ3v) is 7.11. The van der Waals surface area contributed by atoms with Crippen LogP contribution < -0.4 is 21.3 Å². The molecular weight excluding hydrogens is 644 g/mol. The van der Waals surface area contributed by atoms with Crippen LogP contribution >= 0.6 is 11.6 Å². The molecule has 2 heterocycles. The van der Waals surface area contributed by atoms with E-state index >= 15 is 4.39 Å². The molecule has 3 aromatic rings. The molecule has 0 aliphatic carbocycles.